The number of hydrogen-bond acceptors (Lipinski definition) is 10. The van der Waals surface area contributed by atoms with Crippen molar-refractivity contribution in [3.63, 3.8) is 0 Å². The van der Waals surface area contributed by atoms with Crippen LogP contribution in [-0.4, -0.2) is 75.2 Å². The van der Waals surface area contributed by atoms with Crippen LogP contribution in [0, 0.1) is 13.8 Å². The average molecular weight is 499 g/mol. The first-order valence-electron chi connectivity index (χ1n) is 12.1. The van der Waals surface area contributed by atoms with Gasteiger partial charge in [0.25, 0.3) is 5.89 Å². The maximum atomic E-state index is 11.2. The van der Waals surface area contributed by atoms with Crippen LogP contribution in [0.4, 0.5) is 5.95 Å². The molecular formula is C25H34N6O5. The summed E-state index contributed by atoms with van der Waals surface area (Å²) in [5.74, 6) is 1.48. The number of aryl methyl sites for hydroxylation is 3. The summed E-state index contributed by atoms with van der Waals surface area (Å²) in [6.07, 6.45) is -0.230. The highest BCUT2D eigenvalue weighted by Crippen LogP contribution is 2.31. The second-order valence-electron chi connectivity index (χ2n) is 8.35. The maximum absolute atomic E-state index is 11.2. The molecule has 0 fully saturated rings. The van der Waals surface area contributed by atoms with Gasteiger partial charge in [-0.15, -0.1) is 0 Å². The summed E-state index contributed by atoms with van der Waals surface area (Å²) in [6.45, 7) is 10.9. The molecule has 1 atom stereocenters. The fourth-order valence-electron chi connectivity index (χ4n) is 3.73. The Morgan fingerprint density at radius 1 is 1.14 bits per heavy atom. The normalized spacial score (nSPS) is 11.9. The quantitative estimate of drug-likeness (QED) is 0.339. The molecule has 1 aromatic carbocycles. The summed E-state index contributed by atoms with van der Waals surface area (Å²) in [5.41, 5.74) is 3.93. The molecule has 3 N–H and O–H groups in total. The molecule has 0 spiro atoms. The number of benzene rings is 1. The van der Waals surface area contributed by atoms with E-state index in [1.807, 2.05) is 39.0 Å². The lowest BCUT2D eigenvalue weighted by Crippen LogP contribution is -2.36. The average Bonchev–Trinajstić information content (AvgIpc) is 3.37. The maximum Gasteiger partial charge on any atom is 0.277 e. The van der Waals surface area contributed by atoms with Crippen LogP contribution in [0.3, 0.4) is 0 Å². The van der Waals surface area contributed by atoms with Crippen LogP contribution < -0.4 is 15.0 Å². The molecule has 36 heavy (non-hydrogen) atoms. The van der Waals surface area contributed by atoms with E-state index in [4.69, 9.17) is 14.4 Å². The second-order valence-corrected chi connectivity index (χ2v) is 8.35. The van der Waals surface area contributed by atoms with Gasteiger partial charge in [-0.1, -0.05) is 12.1 Å². The van der Waals surface area contributed by atoms with E-state index < -0.39 is 18.6 Å². The number of hydrogen-bond donors (Lipinski definition) is 3. The van der Waals surface area contributed by atoms with Crippen LogP contribution in [0.15, 0.2) is 22.7 Å². The Balaban J connectivity index is 1.81. The van der Waals surface area contributed by atoms with Gasteiger partial charge in [-0.25, -0.2) is 9.97 Å². The van der Waals surface area contributed by atoms with E-state index >= 15 is 0 Å². The summed E-state index contributed by atoms with van der Waals surface area (Å²) < 4.78 is 11.4. The molecule has 0 aliphatic heterocycles. The Labute approximate surface area is 210 Å². The van der Waals surface area contributed by atoms with Crippen molar-refractivity contribution >= 4 is 11.9 Å². The molecule has 0 saturated carbocycles. The molecule has 3 rings (SSSR count). The Bertz CT molecular complexity index is 1180. The monoisotopic (exact) mass is 498 g/mol. The Hall–Kier alpha value is -3.57. The Morgan fingerprint density at radius 2 is 1.89 bits per heavy atom. The number of aliphatic hydroxyl groups is 2. The molecule has 0 aliphatic carbocycles. The topological polar surface area (TPSA) is 147 Å². The number of anilines is 1. The lowest BCUT2D eigenvalue weighted by atomic mass is 10.0. The predicted molar refractivity (Wildman–Crippen MR) is 135 cm³/mol. The number of ether oxygens (including phenoxy) is 1. The van der Waals surface area contributed by atoms with Gasteiger partial charge in [0.05, 0.1) is 0 Å². The zero-order valence-corrected chi connectivity index (χ0v) is 21.4. The van der Waals surface area contributed by atoms with Crippen molar-refractivity contribution in [2.75, 3.05) is 37.7 Å². The van der Waals surface area contributed by atoms with Crippen LogP contribution in [0.2, 0.25) is 0 Å². The Morgan fingerprint density at radius 3 is 2.56 bits per heavy atom. The first-order valence-corrected chi connectivity index (χ1v) is 12.1. The van der Waals surface area contributed by atoms with E-state index in [1.165, 1.54) is 0 Å². The molecule has 0 aliphatic rings. The standard InChI is InChI=1S/C25H34N6O5/c1-6-17-11-18(9-15(4)22(17)35-14-19(33)12-26-21(34)13-32)23-29-24(36-30-23)20-10-16(5)27-25(28-20)31(7-2)8-3/h9-11,19,32-33H,6-8,12-14H2,1-5H3,(H,26,34)/t19-/m0/s1. The minimum absolute atomic E-state index is 0.00676. The first kappa shape index (κ1) is 27.0. The van der Waals surface area contributed by atoms with Gasteiger partial charge in [-0.05, 0) is 63.4 Å². The third kappa shape index (κ3) is 6.55. The zero-order valence-electron chi connectivity index (χ0n) is 21.4. The van der Waals surface area contributed by atoms with E-state index in [0.717, 1.165) is 35.5 Å². The highest BCUT2D eigenvalue weighted by molar-refractivity contribution is 5.76. The van der Waals surface area contributed by atoms with Crippen molar-refractivity contribution in [3.8, 4) is 28.7 Å². The zero-order chi connectivity index (χ0) is 26.2. The number of aliphatic hydroxyl groups excluding tert-OH is 2. The number of rotatable bonds is 12. The third-order valence-corrected chi connectivity index (χ3v) is 5.62. The van der Waals surface area contributed by atoms with E-state index in [2.05, 4.69) is 44.2 Å². The predicted octanol–water partition coefficient (Wildman–Crippen LogP) is 2.07. The van der Waals surface area contributed by atoms with Crippen LogP contribution >= 0.6 is 0 Å². The van der Waals surface area contributed by atoms with Crippen molar-refractivity contribution < 1.29 is 24.3 Å². The van der Waals surface area contributed by atoms with E-state index in [1.54, 1.807) is 0 Å². The molecule has 2 aromatic heterocycles. The van der Waals surface area contributed by atoms with Gasteiger partial charge in [-0.2, -0.15) is 4.98 Å². The molecule has 194 valence electrons. The van der Waals surface area contributed by atoms with E-state index in [9.17, 15) is 9.90 Å². The molecular weight excluding hydrogens is 464 g/mol. The number of aromatic nitrogens is 4. The van der Waals surface area contributed by atoms with Crippen molar-refractivity contribution in [1.82, 2.24) is 25.4 Å². The smallest absolute Gasteiger partial charge is 0.277 e. The van der Waals surface area contributed by atoms with Gasteiger partial charge in [-0.3, -0.25) is 4.79 Å². The molecule has 0 radical (unpaired) electrons. The molecule has 0 saturated heterocycles. The van der Waals surface area contributed by atoms with Gasteiger partial charge < -0.3 is 29.7 Å². The minimum atomic E-state index is -0.915. The van der Waals surface area contributed by atoms with Crippen LogP contribution in [0.25, 0.3) is 23.0 Å². The number of carbonyl (C=O) groups is 1. The van der Waals surface area contributed by atoms with E-state index in [-0.39, 0.29) is 13.2 Å². The van der Waals surface area contributed by atoms with Gasteiger partial charge in [0.2, 0.25) is 17.7 Å². The molecule has 1 amide bonds. The van der Waals surface area contributed by atoms with Crippen LogP contribution in [0.5, 0.6) is 5.75 Å². The molecule has 0 bridgehead atoms. The second kappa shape index (κ2) is 12.4. The van der Waals surface area contributed by atoms with Crippen LogP contribution in [0.1, 0.15) is 37.6 Å². The molecule has 3 aromatic rings. The number of amides is 1. The van der Waals surface area contributed by atoms with Gasteiger partial charge in [0.15, 0.2) is 0 Å². The summed E-state index contributed by atoms with van der Waals surface area (Å²) in [5, 5.41) is 25.4. The number of carbonyl (C=O) groups excluding carboxylic acids is 1. The van der Waals surface area contributed by atoms with Crippen molar-refractivity contribution in [2.45, 2.75) is 47.1 Å². The van der Waals surface area contributed by atoms with Crippen molar-refractivity contribution in [1.29, 1.82) is 0 Å². The largest absolute Gasteiger partial charge is 0.490 e. The molecule has 0 unspecified atom stereocenters. The van der Waals surface area contributed by atoms with Gasteiger partial charge in [0.1, 0.15) is 30.8 Å². The first-order chi connectivity index (χ1) is 17.3. The summed E-state index contributed by atoms with van der Waals surface area (Å²) in [6, 6.07) is 5.65. The number of nitrogens with one attached hydrogen (secondary N) is 1. The SMILES string of the molecule is CCc1cc(-c2noc(-c3cc(C)nc(N(CC)CC)n3)n2)cc(C)c1OC[C@@H](O)CNC(=O)CO. The van der Waals surface area contributed by atoms with Crippen molar-refractivity contribution in [2.24, 2.45) is 0 Å². The van der Waals surface area contributed by atoms with Gasteiger partial charge >= 0.3 is 0 Å². The fourth-order valence-corrected chi connectivity index (χ4v) is 3.73. The minimum Gasteiger partial charge on any atom is -0.490 e. The highest BCUT2D eigenvalue weighted by Gasteiger charge is 2.18. The lowest BCUT2D eigenvalue weighted by Gasteiger charge is -2.18. The Kier molecular flexibility index (Phi) is 9.31. The van der Waals surface area contributed by atoms with Crippen molar-refractivity contribution in [3.05, 3.63) is 35.0 Å². The number of nitrogens with zero attached hydrogens (tertiary/aromatic N) is 5. The highest BCUT2D eigenvalue weighted by atomic mass is 16.5. The van der Waals surface area contributed by atoms with E-state index in [0.29, 0.717) is 35.5 Å². The summed E-state index contributed by atoms with van der Waals surface area (Å²) >= 11 is 0. The molecule has 2 heterocycles. The fraction of sp³-hybridized carbons (Fsp3) is 0.480. The lowest BCUT2D eigenvalue weighted by molar-refractivity contribution is -0.124. The molecule has 11 heteroatoms. The van der Waals surface area contributed by atoms with Gasteiger partial charge in [0, 0.05) is 30.9 Å². The summed E-state index contributed by atoms with van der Waals surface area (Å²) in [4.78, 5) is 27.0. The molecule has 11 nitrogen and oxygen atoms in total. The van der Waals surface area contributed by atoms with Crippen LogP contribution in [-0.2, 0) is 11.2 Å². The third-order valence-electron chi connectivity index (χ3n) is 5.62. The summed E-state index contributed by atoms with van der Waals surface area (Å²) in [7, 11) is 0.